The highest BCUT2D eigenvalue weighted by molar-refractivity contribution is 7.70. The van der Waals surface area contributed by atoms with E-state index >= 15 is 0 Å². The Morgan fingerprint density at radius 1 is 0.676 bits per heavy atom. The van der Waals surface area contributed by atoms with Crippen molar-refractivity contribution in [3.63, 3.8) is 0 Å². The predicted molar refractivity (Wildman–Crippen MR) is 139 cm³/mol. The summed E-state index contributed by atoms with van der Waals surface area (Å²) in [6, 6.07) is 0. The van der Waals surface area contributed by atoms with Gasteiger partial charge in [0.15, 0.2) is 0 Å². The first-order chi connectivity index (χ1) is 16.4. The lowest BCUT2D eigenvalue weighted by molar-refractivity contribution is -0.0398. The summed E-state index contributed by atoms with van der Waals surface area (Å²) in [5.74, 6) is 0. The zero-order chi connectivity index (χ0) is 25.3. The van der Waals surface area contributed by atoms with Crippen molar-refractivity contribution in [1.29, 1.82) is 0 Å². The molecule has 0 saturated heterocycles. The molecule has 0 aliphatic carbocycles. The Morgan fingerprint density at radius 3 is 1.56 bits per heavy atom. The van der Waals surface area contributed by atoms with Crippen molar-refractivity contribution in [3.8, 4) is 0 Å². The summed E-state index contributed by atoms with van der Waals surface area (Å²) >= 11 is 0. The quantitative estimate of drug-likeness (QED) is 0.0849. The molecule has 0 heterocycles. The highest BCUT2D eigenvalue weighted by atomic mass is 31.2. The van der Waals surface area contributed by atoms with Gasteiger partial charge in [-0.15, -0.1) is 0 Å². The summed E-state index contributed by atoms with van der Waals surface area (Å²) in [7, 11) is -4.65. The van der Waals surface area contributed by atoms with Gasteiger partial charge in [-0.2, -0.15) is 0 Å². The second-order valence-corrected chi connectivity index (χ2v) is 11.0. The minimum Gasteiger partial charge on any atom is -0.472 e. The van der Waals surface area contributed by atoms with Crippen molar-refractivity contribution in [2.24, 2.45) is 0 Å². The third kappa shape index (κ3) is 22.0. The number of carbonyl (C=O) groups is 1. The van der Waals surface area contributed by atoms with Crippen molar-refractivity contribution >= 4 is 13.3 Å². The lowest BCUT2D eigenvalue weighted by Gasteiger charge is -2.19. The van der Waals surface area contributed by atoms with Crippen LogP contribution in [0.25, 0.3) is 0 Å². The SMILES string of the molecule is CCCCCCCCCCCCCCCCCCOC[C@H](COP(=O)(O)C(=O)O)OCCCC. The molecule has 0 bridgehead atoms. The fraction of sp³-hybridized carbons (Fsp3) is 0.962. The predicted octanol–water partition coefficient (Wildman–Crippen LogP) is 8.33. The van der Waals surface area contributed by atoms with Crippen molar-refractivity contribution < 1.29 is 33.4 Å². The molecule has 0 aliphatic rings. The van der Waals surface area contributed by atoms with E-state index in [9.17, 15) is 14.3 Å². The molecule has 34 heavy (non-hydrogen) atoms. The first-order valence-corrected chi connectivity index (χ1v) is 15.4. The number of rotatable bonds is 27. The van der Waals surface area contributed by atoms with Gasteiger partial charge in [0, 0.05) is 13.2 Å². The summed E-state index contributed by atoms with van der Waals surface area (Å²) in [6.07, 6.45) is 22.4. The van der Waals surface area contributed by atoms with Gasteiger partial charge in [0.25, 0.3) is 0 Å². The highest BCUT2D eigenvalue weighted by Crippen LogP contribution is 2.42. The van der Waals surface area contributed by atoms with E-state index in [0.717, 1.165) is 25.7 Å². The fourth-order valence-electron chi connectivity index (χ4n) is 3.75. The summed E-state index contributed by atoms with van der Waals surface area (Å²) in [6.45, 7) is 5.33. The van der Waals surface area contributed by atoms with Crippen LogP contribution in [0.4, 0.5) is 4.79 Å². The minimum atomic E-state index is -4.65. The summed E-state index contributed by atoms with van der Waals surface area (Å²) in [4.78, 5) is 20.0. The van der Waals surface area contributed by atoms with Gasteiger partial charge in [-0.05, 0) is 12.8 Å². The molecule has 0 saturated carbocycles. The van der Waals surface area contributed by atoms with E-state index in [4.69, 9.17) is 14.6 Å². The molecule has 2 N–H and O–H groups in total. The molecular weight excluding hydrogens is 455 g/mol. The van der Waals surface area contributed by atoms with Gasteiger partial charge < -0.3 is 19.5 Å². The summed E-state index contributed by atoms with van der Waals surface area (Å²) < 4.78 is 27.4. The Balaban J connectivity index is 3.59. The van der Waals surface area contributed by atoms with E-state index in [1.165, 1.54) is 89.9 Å². The van der Waals surface area contributed by atoms with Crippen molar-refractivity contribution in [2.75, 3.05) is 26.4 Å². The van der Waals surface area contributed by atoms with E-state index < -0.39 is 19.4 Å². The Hall–Kier alpha value is -0.460. The smallest absolute Gasteiger partial charge is 0.435 e. The number of hydrogen-bond acceptors (Lipinski definition) is 5. The molecular formula is C26H53O7P. The van der Waals surface area contributed by atoms with Crippen molar-refractivity contribution in [1.82, 2.24) is 0 Å². The molecule has 0 fully saturated rings. The second-order valence-electron chi connectivity index (χ2n) is 9.32. The number of unbranched alkanes of at least 4 members (excludes halogenated alkanes) is 16. The van der Waals surface area contributed by atoms with Gasteiger partial charge >= 0.3 is 13.3 Å². The van der Waals surface area contributed by atoms with E-state index in [1.54, 1.807) is 0 Å². The monoisotopic (exact) mass is 508 g/mol. The number of carboxylic acid groups (broad SMARTS) is 1. The Bertz CT molecular complexity index is 502. The van der Waals surface area contributed by atoms with Crippen LogP contribution in [0.2, 0.25) is 0 Å². The van der Waals surface area contributed by atoms with Gasteiger partial charge in [0.05, 0.1) is 13.2 Å². The van der Waals surface area contributed by atoms with Crippen LogP contribution < -0.4 is 0 Å². The van der Waals surface area contributed by atoms with Gasteiger partial charge in [-0.25, -0.2) is 9.36 Å². The Labute approximate surface area is 208 Å². The van der Waals surface area contributed by atoms with Gasteiger partial charge in [0.2, 0.25) is 0 Å². The zero-order valence-electron chi connectivity index (χ0n) is 22.0. The van der Waals surface area contributed by atoms with E-state index in [-0.39, 0.29) is 13.2 Å². The molecule has 0 aromatic carbocycles. The topological polar surface area (TPSA) is 102 Å². The van der Waals surface area contributed by atoms with Crippen LogP contribution in [0.1, 0.15) is 129 Å². The summed E-state index contributed by atoms with van der Waals surface area (Å²) in [5.41, 5.74) is -1.85. The third-order valence-corrected chi connectivity index (χ3v) is 6.96. The lowest BCUT2D eigenvalue weighted by atomic mass is 10.0. The Morgan fingerprint density at radius 2 is 1.12 bits per heavy atom. The average Bonchev–Trinajstić information content (AvgIpc) is 2.81. The fourth-order valence-corrected chi connectivity index (χ4v) is 4.22. The molecule has 204 valence electrons. The molecule has 7 nitrogen and oxygen atoms in total. The molecule has 1 unspecified atom stereocenters. The molecule has 0 spiro atoms. The zero-order valence-corrected chi connectivity index (χ0v) is 22.9. The maximum Gasteiger partial charge on any atom is 0.435 e. The van der Waals surface area contributed by atoms with Crippen LogP contribution in [-0.4, -0.2) is 48.2 Å². The maximum atomic E-state index is 11.4. The van der Waals surface area contributed by atoms with Gasteiger partial charge in [-0.3, -0.25) is 4.52 Å². The van der Waals surface area contributed by atoms with Crippen LogP contribution >= 0.6 is 7.60 Å². The highest BCUT2D eigenvalue weighted by Gasteiger charge is 2.31. The van der Waals surface area contributed by atoms with Crippen molar-refractivity contribution in [2.45, 2.75) is 136 Å². The molecule has 0 radical (unpaired) electrons. The van der Waals surface area contributed by atoms with Crippen LogP contribution in [0, 0.1) is 0 Å². The molecule has 0 aromatic rings. The van der Waals surface area contributed by atoms with Crippen LogP contribution in [-0.2, 0) is 18.6 Å². The first kappa shape index (κ1) is 33.5. The van der Waals surface area contributed by atoms with Crippen LogP contribution in [0.3, 0.4) is 0 Å². The van der Waals surface area contributed by atoms with Gasteiger partial charge in [-0.1, -0.05) is 117 Å². The molecule has 0 amide bonds. The van der Waals surface area contributed by atoms with E-state index in [0.29, 0.717) is 13.2 Å². The molecule has 0 rings (SSSR count). The number of hydrogen-bond donors (Lipinski definition) is 2. The molecule has 2 atom stereocenters. The van der Waals surface area contributed by atoms with Crippen molar-refractivity contribution in [3.05, 3.63) is 0 Å². The largest absolute Gasteiger partial charge is 0.472 e. The average molecular weight is 509 g/mol. The third-order valence-electron chi connectivity index (χ3n) is 5.97. The van der Waals surface area contributed by atoms with Crippen LogP contribution in [0.5, 0.6) is 0 Å². The molecule has 0 aromatic heterocycles. The van der Waals surface area contributed by atoms with E-state index in [1.807, 2.05) is 6.92 Å². The normalized spacial score (nSPS) is 14.2. The Kier molecular flexibility index (Phi) is 23.9. The molecule has 8 heteroatoms. The maximum absolute atomic E-state index is 11.4. The first-order valence-electron chi connectivity index (χ1n) is 13.8. The summed E-state index contributed by atoms with van der Waals surface area (Å²) in [5, 5.41) is 8.70. The van der Waals surface area contributed by atoms with Gasteiger partial charge in [0.1, 0.15) is 6.10 Å². The second kappa shape index (κ2) is 24.2. The van der Waals surface area contributed by atoms with Crippen LogP contribution in [0.15, 0.2) is 0 Å². The van der Waals surface area contributed by atoms with E-state index in [2.05, 4.69) is 11.4 Å². The minimum absolute atomic E-state index is 0.224. The lowest BCUT2D eigenvalue weighted by Crippen LogP contribution is -2.26. The molecule has 0 aliphatic heterocycles. The standard InChI is InChI=1S/C26H53O7P/c1-3-5-7-8-9-10-11-12-13-14-15-16-17-18-19-20-21-31-23-25(32-22-6-4-2)24-33-34(29,30)26(27)28/h25H,3-24H2,1-2H3,(H,27,28)(H,29,30)/t25-/m1/s1. The number of ether oxygens (including phenoxy) is 2.